The van der Waals surface area contributed by atoms with Crippen molar-refractivity contribution < 1.29 is 31.9 Å². The van der Waals surface area contributed by atoms with Crippen LogP contribution in [0.25, 0.3) is 6.08 Å². The van der Waals surface area contributed by atoms with E-state index >= 15 is 0 Å². The monoisotopic (exact) mass is 580 g/mol. The molecular formula is C29H20F4N4O3S. The zero-order valence-electron chi connectivity index (χ0n) is 21.0. The number of pyridine rings is 1. The first kappa shape index (κ1) is 29.0. The third kappa shape index (κ3) is 7.79. The van der Waals surface area contributed by atoms with Crippen LogP contribution in [-0.4, -0.2) is 28.5 Å². The van der Waals surface area contributed by atoms with Crippen molar-refractivity contribution in [1.29, 1.82) is 0 Å². The van der Waals surface area contributed by atoms with Gasteiger partial charge in [-0.05, 0) is 54.1 Å². The number of halogens is 4. The highest BCUT2D eigenvalue weighted by Gasteiger charge is 2.21. The van der Waals surface area contributed by atoms with Gasteiger partial charge < -0.3 is 16.0 Å². The maximum atomic E-state index is 13.8. The van der Waals surface area contributed by atoms with E-state index in [2.05, 4.69) is 15.6 Å². The molecule has 3 N–H and O–H groups in total. The molecular weight excluding hydrogens is 560 g/mol. The smallest absolute Gasteiger partial charge is 0.272 e. The van der Waals surface area contributed by atoms with Gasteiger partial charge in [0.1, 0.15) is 11.4 Å². The number of anilines is 2. The van der Waals surface area contributed by atoms with Gasteiger partial charge in [-0.3, -0.25) is 19.4 Å². The summed E-state index contributed by atoms with van der Waals surface area (Å²) < 4.78 is 54.3. The van der Waals surface area contributed by atoms with Crippen molar-refractivity contribution in [3.05, 3.63) is 125 Å². The fraction of sp³-hybridized carbons (Fsp3) is 0.0345. The Hall–Kier alpha value is -4.97. The molecule has 0 aliphatic carbocycles. The van der Waals surface area contributed by atoms with Crippen LogP contribution in [0, 0.1) is 23.3 Å². The van der Waals surface area contributed by atoms with E-state index in [1.54, 1.807) is 72.9 Å². The first-order valence-corrected chi connectivity index (χ1v) is 12.8. The zero-order chi connectivity index (χ0) is 29.4. The van der Waals surface area contributed by atoms with E-state index in [1.165, 1.54) is 12.3 Å². The van der Waals surface area contributed by atoms with Crippen LogP contribution in [0.5, 0.6) is 0 Å². The molecule has 3 amide bonds. The number of nitrogens with one attached hydrogen (secondary N) is 3. The maximum Gasteiger partial charge on any atom is 0.272 e. The molecule has 0 aliphatic rings. The number of carbonyl (C=O) groups excluding carboxylic acids is 3. The van der Waals surface area contributed by atoms with E-state index in [1.807, 2.05) is 5.32 Å². The van der Waals surface area contributed by atoms with Gasteiger partial charge in [0.2, 0.25) is 5.91 Å². The molecule has 208 valence electrons. The summed E-state index contributed by atoms with van der Waals surface area (Å²) in [5.41, 5.74) is 0.0673. The van der Waals surface area contributed by atoms with Crippen molar-refractivity contribution in [2.75, 3.05) is 16.4 Å². The Morgan fingerprint density at radius 3 is 2.15 bits per heavy atom. The van der Waals surface area contributed by atoms with Crippen LogP contribution in [0.15, 0.2) is 95.8 Å². The molecule has 0 spiro atoms. The van der Waals surface area contributed by atoms with Gasteiger partial charge in [0.25, 0.3) is 11.8 Å². The summed E-state index contributed by atoms with van der Waals surface area (Å²) in [7, 11) is 0. The second kappa shape index (κ2) is 13.4. The minimum atomic E-state index is -1.71. The van der Waals surface area contributed by atoms with Crippen molar-refractivity contribution in [3.63, 3.8) is 0 Å². The molecule has 0 unspecified atom stereocenters. The van der Waals surface area contributed by atoms with Gasteiger partial charge in [0.05, 0.1) is 5.75 Å². The second-order valence-corrected chi connectivity index (χ2v) is 9.37. The Kier molecular flexibility index (Phi) is 9.48. The molecule has 0 saturated heterocycles. The van der Waals surface area contributed by atoms with E-state index in [9.17, 15) is 31.9 Å². The summed E-state index contributed by atoms with van der Waals surface area (Å²) in [6.07, 6.45) is 4.57. The second-order valence-electron chi connectivity index (χ2n) is 8.32. The Labute approximate surface area is 235 Å². The first-order chi connectivity index (χ1) is 19.7. The standard InChI is InChI=1S/C29H20F4N4O3S/c30-21-14-22(31)26(33)27(25(21)32)37-24(38)16-41-20-10-8-19(9-11-20)35-29(40)23(13-17-5-4-12-34-15-17)36-28(39)18-6-2-1-3-7-18/h1-15H,16H2,(H,35,40)(H,36,39)(H,37,38)/b23-13-. The Bertz CT molecular complexity index is 1580. The minimum Gasteiger partial charge on any atom is -0.321 e. The van der Waals surface area contributed by atoms with E-state index in [0.717, 1.165) is 11.8 Å². The quantitative estimate of drug-likeness (QED) is 0.101. The number of benzene rings is 3. The lowest BCUT2D eigenvalue weighted by Gasteiger charge is -2.12. The van der Waals surface area contributed by atoms with Gasteiger partial charge in [0, 0.05) is 34.6 Å². The van der Waals surface area contributed by atoms with Crippen LogP contribution >= 0.6 is 11.8 Å². The highest BCUT2D eigenvalue weighted by molar-refractivity contribution is 8.00. The van der Waals surface area contributed by atoms with E-state index in [-0.39, 0.29) is 17.5 Å². The lowest BCUT2D eigenvalue weighted by Crippen LogP contribution is -2.30. The number of amides is 3. The lowest BCUT2D eigenvalue weighted by molar-refractivity contribution is -0.114. The third-order valence-corrected chi connectivity index (χ3v) is 6.39. The summed E-state index contributed by atoms with van der Waals surface area (Å²) in [6.45, 7) is 0. The topological polar surface area (TPSA) is 100 Å². The van der Waals surface area contributed by atoms with E-state index in [0.29, 0.717) is 21.7 Å². The summed E-state index contributed by atoms with van der Waals surface area (Å²) in [5.74, 6) is -9.00. The summed E-state index contributed by atoms with van der Waals surface area (Å²) in [4.78, 5) is 42.5. The van der Waals surface area contributed by atoms with Crippen LogP contribution in [0.1, 0.15) is 15.9 Å². The molecule has 0 aliphatic heterocycles. The van der Waals surface area contributed by atoms with Crippen LogP contribution in [-0.2, 0) is 9.59 Å². The van der Waals surface area contributed by atoms with Crippen LogP contribution < -0.4 is 16.0 Å². The summed E-state index contributed by atoms with van der Waals surface area (Å²) in [6, 6.07) is 18.0. The molecule has 4 aromatic rings. The highest BCUT2D eigenvalue weighted by atomic mass is 32.2. The maximum absolute atomic E-state index is 13.8. The van der Waals surface area contributed by atoms with Crippen molar-refractivity contribution in [1.82, 2.24) is 10.3 Å². The largest absolute Gasteiger partial charge is 0.321 e. The number of hydrogen-bond acceptors (Lipinski definition) is 5. The van der Waals surface area contributed by atoms with Crippen LogP contribution in [0.4, 0.5) is 28.9 Å². The van der Waals surface area contributed by atoms with Crippen molar-refractivity contribution in [2.45, 2.75) is 4.90 Å². The highest BCUT2D eigenvalue weighted by Crippen LogP contribution is 2.25. The Balaban J connectivity index is 1.40. The number of aromatic nitrogens is 1. The first-order valence-electron chi connectivity index (χ1n) is 11.9. The van der Waals surface area contributed by atoms with Gasteiger partial charge >= 0.3 is 0 Å². The average molecular weight is 581 g/mol. The molecule has 41 heavy (non-hydrogen) atoms. The molecule has 3 aromatic carbocycles. The fourth-order valence-electron chi connectivity index (χ4n) is 3.41. The van der Waals surface area contributed by atoms with Crippen LogP contribution in [0.2, 0.25) is 0 Å². The predicted molar refractivity (Wildman–Crippen MR) is 147 cm³/mol. The molecule has 0 saturated carbocycles. The Morgan fingerprint density at radius 2 is 1.51 bits per heavy atom. The molecule has 4 rings (SSSR count). The van der Waals surface area contributed by atoms with Gasteiger partial charge in [0.15, 0.2) is 23.3 Å². The molecule has 1 heterocycles. The summed E-state index contributed by atoms with van der Waals surface area (Å²) in [5, 5.41) is 7.13. The molecule has 0 radical (unpaired) electrons. The average Bonchev–Trinajstić information content (AvgIpc) is 2.98. The van der Waals surface area contributed by atoms with Gasteiger partial charge in [-0.25, -0.2) is 17.6 Å². The number of thioether (sulfide) groups is 1. The molecule has 7 nitrogen and oxygen atoms in total. The molecule has 0 bridgehead atoms. The normalized spacial score (nSPS) is 11.1. The van der Waals surface area contributed by atoms with Crippen molar-refractivity contribution in [2.24, 2.45) is 0 Å². The number of nitrogens with zero attached hydrogens (tertiary/aromatic N) is 1. The SMILES string of the molecule is O=C(CSc1ccc(NC(=O)/C(=C/c2cccnc2)NC(=O)c2ccccc2)cc1)Nc1c(F)c(F)cc(F)c1F. The molecule has 0 fully saturated rings. The minimum absolute atomic E-state index is 0.0322. The lowest BCUT2D eigenvalue weighted by atomic mass is 10.2. The van der Waals surface area contributed by atoms with Crippen molar-refractivity contribution in [3.8, 4) is 0 Å². The molecule has 12 heteroatoms. The summed E-state index contributed by atoms with van der Waals surface area (Å²) >= 11 is 0.977. The third-order valence-electron chi connectivity index (χ3n) is 5.38. The predicted octanol–water partition coefficient (Wildman–Crippen LogP) is 5.78. The van der Waals surface area contributed by atoms with Gasteiger partial charge in [-0.1, -0.05) is 24.3 Å². The molecule has 0 atom stereocenters. The Morgan fingerprint density at radius 1 is 0.829 bits per heavy atom. The zero-order valence-corrected chi connectivity index (χ0v) is 21.8. The number of carbonyl (C=O) groups is 3. The van der Waals surface area contributed by atoms with E-state index in [4.69, 9.17) is 0 Å². The fourth-order valence-corrected chi connectivity index (χ4v) is 4.11. The van der Waals surface area contributed by atoms with Gasteiger partial charge in [-0.2, -0.15) is 0 Å². The van der Waals surface area contributed by atoms with Gasteiger partial charge in [-0.15, -0.1) is 11.8 Å². The number of rotatable bonds is 9. The number of hydrogen-bond donors (Lipinski definition) is 3. The molecule has 1 aromatic heterocycles. The van der Waals surface area contributed by atoms with E-state index < -0.39 is 46.7 Å². The van der Waals surface area contributed by atoms with Crippen molar-refractivity contribution >= 4 is 46.9 Å². The van der Waals surface area contributed by atoms with Crippen LogP contribution in [0.3, 0.4) is 0 Å².